The molecule has 3 heterocycles. The standard InChI is InChI=1S/C22H16N4O/c1-2-4-19-18(3-1)21(13-15-7-10-23-11-8-15)25-26-22(19)27-17-6-5-16-9-12-24-20(16)14-17/h1-12,14,24H,13H2. The van der Waals surface area contributed by atoms with Crippen LogP contribution in [0.3, 0.4) is 0 Å². The second-order valence-corrected chi connectivity index (χ2v) is 6.36. The molecule has 1 N–H and O–H groups in total. The second kappa shape index (κ2) is 6.53. The average molecular weight is 352 g/mol. The number of nitrogens with one attached hydrogen (secondary N) is 1. The highest BCUT2D eigenvalue weighted by molar-refractivity contribution is 5.89. The van der Waals surface area contributed by atoms with Crippen LogP contribution >= 0.6 is 0 Å². The minimum Gasteiger partial charge on any atom is -0.437 e. The summed E-state index contributed by atoms with van der Waals surface area (Å²) in [4.78, 5) is 7.27. The molecule has 5 rings (SSSR count). The molecule has 0 saturated heterocycles. The largest absolute Gasteiger partial charge is 0.437 e. The van der Waals surface area contributed by atoms with Crippen LogP contribution in [-0.4, -0.2) is 20.2 Å². The lowest BCUT2D eigenvalue weighted by atomic mass is 10.1. The van der Waals surface area contributed by atoms with Crippen molar-refractivity contribution in [3.8, 4) is 11.6 Å². The molecule has 0 aliphatic heterocycles. The number of H-pyrrole nitrogens is 1. The van der Waals surface area contributed by atoms with Crippen molar-refractivity contribution in [2.24, 2.45) is 0 Å². The molecule has 0 spiro atoms. The molecule has 5 nitrogen and oxygen atoms in total. The Labute approximate surface area is 155 Å². The Balaban J connectivity index is 1.54. The third-order valence-corrected chi connectivity index (χ3v) is 4.59. The van der Waals surface area contributed by atoms with E-state index in [0.717, 1.165) is 38.7 Å². The molecule has 5 heteroatoms. The van der Waals surface area contributed by atoms with Crippen LogP contribution in [0.2, 0.25) is 0 Å². The summed E-state index contributed by atoms with van der Waals surface area (Å²) in [6.07, 6.45) is 6.20. The van der Waals surface area contributed by atoms with E-state index in [9.17, 15) is 0 Å². The number of benzene rings is 2. The van der Waals surface area contributed by atoms with Gasteiger partial charge in [0.1, 0.15) is 5.75 Å². The van der Waals surface area contributed by atoms with Gasteiger partial charge < -0.3 is 9.72 Å². The van der Waals surface area contributed by atoms with Crippen LogP contribution in [0.15, 0.2) is 79.3 Å². The molecule has 3 aromatic heterocycles. The van der Waals surface area contributed by atoms with Crippen LogP contribution < -0.4 is 4.74 Å². The molecule has 0 amide bonds. The maximum absolute atomic E-state index is 6.07. The zero-order chi connectivity index (χ0) is 18.1. The summed E-state index contributed by atoms with van der Waals surface area (Å²) in [5.41, 5.74) is 3.10. The number of aromatic nitrogens is 4. The van der Waals surface area contributed by atoms with E-state index in [-0.39, 0.29) is 0 Å². The van der Waals surface area contributed by atoms with Gasteiger partial charge in [0.05, 0.1) is 5.69 Å². The van der Waals surface area contributed by atoms with Crippen molar-refractivity contribution >= 4 is 21.7 Å². The Bertz CT molecular complexity index is 1230. The van der Waals surface area contributed by atoms with Gasteiger partial charge in [-0.3, -0.25) is 4.98 Å². The molecule has 0 unspecified atom stereocenters. The summed E-state index contributed by atoms with van der Waals surface area (Å²) in [7, 11) is 0. The molecule has 0 aliphatic carbocycles. The molecule has 0 saturated carbocycles. The maximum Gasteiger partial charge on any atom is 0.246 e. The van der Waals surface area contributed by atoms with E-state index in [1.807, 2.05) is 60.8 Å². The fourth-order valence-corrected chi connectivity index (χ4v) is 3.24. The van der Waals surface area contributed by atoms with E-state index < -0.39 is 0 Å². The molecule has 0 fully saturated rings. The number of ether oxygens (including phenoxy) is 1. The number of hydrogen-bond acceptors (Lipinski definition) is 4. The normalized spacial score (nSPS) is 11.1. The first-order chi connectivity index (χ1) is 13.4. The fraction of sp³-hybridized carbons (Fsp3) is 0.0455. The molecule has 0 atom stereocenters. The Morgan fingerprint density at radius 1 is 0.852 bits per heavy atom. The van der Waals surface area contributed by atoms with Crippen molar-refractivity contribution in [1.29, 1.82) is 0 Å². The third kappa shape index (κ3) is 3.00. The number of rotatable bonds is 4. The summed E-state index contributed by atoms with van der Waals surface area (Å²) < 4.78 is 6.07. The van der Waals surface area contributed by atoms with Crippen LogP contribution in [0.4, 0.5) is 0 Å². The lowest BCUT2D eigenvalue weighted by Gasteiger charge is -2.10. The quantitative estimate of drug-likeness (QED) is 0.500. The van der Waals surface area contributed by atoms with Gasteiger partial charge in [-0.25, -0.2) is 0 Å². The van der Waals surface area contributed by atoms with Crippen LogP contribution in [-0.2, 0) is 6.42 Å². The van der Waals surface area contributed by atoms with Gasteiger partial charge in [-0.15, -0.1) is 5.10 Å². The van der Waals surface area contributed by atoms with Crippen molar-refractivity contribution in [3.63, 3.8) is 0 Å². The number of pyridine rings is 1. The third-order valence-electron chi connectivity index (χ3n) is 4.59. The minimum atomic E-state index is 0.509. The van der Waals surface area contributed by atoms with Gasteiger partial charge in [0.25, 0.3) is 0 Å². The van der Waals surface area contributed by atoms with Gasteiger partial charge in [0.2, 0.25) is 5.88 Å². The highest BCUT2D eigenvalue weighted by atomic mass is 16.5. The highest BCUT2D eigenvalue weighted by Gasteiger charge is 2.12. The smallest absolute Gasteiger partial charge is 0.246 e. The summed E-state index contributed by atoms with van der Waals surface area (Å²) >= 11 is 0. The molecule has 5 aromatic rings. The zero-order valence-corrected chi connectivity index (χ0v) is 14.5. The summed E-state index contributed by atoms with van der Waals surface area (Å²) in [5, 5.41) is 11.9. The van der Waals surface area contributed by atoms with Gasteiger partial charge in [-0.05, 0) is 47.3 Å². The Hall–Kier alpha value is -3.73. The monoisotopic (exact) mass is 352 g/mol. The summed E-state index contributed by atoms with van der Waals surface area (Å²) in [6.45, 7) is 0. The van der Waals surface area contributed by atoms with Crippen molar-refractivity contribution in [2.75, 3.05) is 0 Å². The van der Waals surface area contributed by atoms with Crippen LogP contribution in [0.1, 0.15) is 11.3 Å². The first-order valence-corrected chi connectivity index (χ1v) is 8.75. The molecule has 0 aliphatic rings. The fourth-order valence-electron chi connectivity index (χ4n) is 3.24. The molecule has 130 valence electrons. The average Bonchev–Trinajstić information content (AvgIpc) is 3.18. The van der Waals surface area contributed by atoms with Crippen molar-refractivity contribution < 1.29 is 4.74 Å². The number of aromatic amines is 1. The molecular weight excluding hydrogens is 336 g/mol. The topological polar surface area (TPSA) is 63.7 Å². The van der Waals surface area contributed by atoms with Gasteiger partial charge >= 0.3 is 0 Å². The zero-order valence-electron chi connectivity index (χ0n) is 14.5. The van der Waals surface area contributed by atoms with E-state index in [2.05, 4.69) is 26.2 Å². The minimum absolute atomic E-state index is 0.509. The van der Waals surface area contributed by atoms with Crippen molar-refractivity contribution in [1.82, 2.24) is 20.2 Å². The number of hydrogen-bond donors (Lipinski definition) is 1. The molecule has 0 bridgehead atoms. The van der Waals surface area contributed by atoms with Crippen LogP contribution in [0.25, 0.3) is 21.7 Å². The molecule has 0 radical (unpaired) electrons. The molecular formula is C22H16N4O. The number of nitrogens with zero attached hydrogens (tertiary/aromatic N) is 3. The van der Waals surface area contributed by atoms with Crippen molar-refractivity contribution in [2.45, 2.75) is 6.42 Å². The maximum atomic E-state index is 6.07. The molecule has 2 aromatic carbocycles. The Morgan fingerprint density at radius 3 is 2.59 bits per heavy atom. The first-order valence-electron chi connectivity index (χ1n) is 8.75. The first kappa shape index (κ1) is 15.5. The SMILES string of the molecule is c1ccc2c(Oc3ccc4cc[nH]c4c3)nnc(Cc3ccncc3)c2c1. The predicted molar refractivity (Wildman–Crippen MR) is 105 cm³/mol. The van der Waals surface area contributed by atoms with E-state index in [4.69, 9.17) is 4.74 Å². The predicted octanol–water partition coefficient (Wildman–Crippen LogP) is 4.89. The van der Waals surface area contributed by atoms with E-state index in [1.54, 1.807) is 12.4 Å². The number of fused-ring (bicyclic) bond motifs is 2. The Morgan fingerprint density at radius 2 is 1.70 bits per heavy atom. The van der Waals surface area contributed by atoms with Gasteiger partial charge in [0.15, 0.2) is 0 Å². The summed E-state index contributed by atoms with van der Waals surface area (Å²) in [6, 6.07) is 20.0. The van der Waals surface area contributed by atoms with Crippen LogP contribution in [0.5, 0.6) is 11.6 Å². The lowest BCUT2D eigenvalue weighted by Crippen LogP contribution is -1.99. The van der Waals surface area contributed by atoms with Gasteiger partial charge in [0, 0.05) is 47.4 Å². The molecule has 27 heavy (non-hydrogen) atoms. The lowest BCUT2D eigenvalue weighted by molar-refractivity contribution is 0.461. The van der Waals surface area contributed by atoms with Gasteiger partial charge in [-0.1, -0.05) is 18.2 Å². The second-order valence-electron chi connectivity index (χ2n) is 6.36. The van der Waals surface area contributed by atoms with Crippen LogP contribution in [0, 0.1) is 0 Å². The van der Waals surface area contributed by atoms with E-state index in [1.165, 1.54) is 0 Å². The Kier molecular flexibility index (Phi) is 3.76. The summed E-state index contributed by atoms with van der Waals surface area (Å²) in [5.74, 6) is 1.24. The highest BCUT2D eigenvalue weighted by Crippen LogP contribution is 2.30. The van der Waals surface area contributed by atoms with Gasteiger partial charge in [-0.2, -0.15) is 5.10 Å². The van der Waals surface area contributed by atoms with E-state index in [0.29, 0.717) is 12.3 Å². The van der Waals surface area contributed by atoms with Crippen molar-refractivity contribution in [3.05, 3.63) is 90.5 Å². The van der Waals surface area contributed by atoms with E-state index >= 15 is 0 Å².